The summed E-state index contributed by atoms with van der Waals surface area (Å²) in [4.78, 5) is 2.54. The van der Waals surface area contributed by atoms with Crippen molar-refractivity contribution in [3.8, 4) is 0 Å². The van der Waals surface area contributed by atoms with E-state index >= 15 is 0 Å². The molecule has 0 amide bonds. The zero-order valence-corrected chi connectivity index (χ0v) is 11.4. The van der Waals surface area contributed by atoms with Crippen LogP contribution in [0.5, 0.6) is 0 Å². The molecule has 0 aromatic heterocycles. The van der Waals surface area contributed by atoms with E-state index in [1.54, 1.807) is 0 Å². The highest BCUT2D eigenvalue weighted by Crippen LogP contribution is 2.24. The fraction of sp³-hybridized carbons (Fsp3) is 0.625. The molecule has 18 heavy (non-hydrogen) atoms. The number of nitrogens with zero attached hydrogens (tertiary/aromatic N) is 1. The van der Waals surface area contributed by atoms with Crippen molar-refractivity contribution in [3.05, 3.63) is 29.8 Å². The predicted molar refractivity (Wildman–Crippen MR) is 77.2 cm³/mol. The van der Waals surface area contributed by atoms with Gasteiger partial charge < -0.3 is 10.2 Å². The molecule has 0 radical (unpaired) electrons. The fourth-order valence-corrected chi connectivity index (χ4v) is 2.87. The number of aryl methyl sites for hydroxylation is 1. The second-order valence-corrected chi connectivity index (χ2v) is 5.75. The van der Waals surface area contributed by atoms with Gasteiger partial charge in [-0.25, -0.2) is 0 Å². The minimum Gasteiger partial charge on any atom is -0.370 e. The van der Waals surface area contributed by atoms with Gasteiger partial charge in [0.05, 0.1) is 0 Å². The molecule has 1 aliphatic heterocycles. The van der Waals surface area contributed by atoms with Crippen LogP contribution < -0.4 is 10.2 Å². The minimum atomic E-state index is 0.706. The van der Waals surface area contributed by atoms with Gasteiger partial charge in [-0.1, -0.05) is 19.1 Å². The Labute approximate surface area is 110 Å². The van der Waals surface area contributed by atoms with E-state index in [1.165, 1.54) is 50.0 Å². The summed E-state index contributed by atoms with van der Waals surface area (Å²) in [6.45, 7) is 4.61. The Morgan fingerprint density at radius 2 is 1.89 bits per heavy atom. The summed E-state index contributed by atoms with van der Waals surface area (Å²) in [5.74, 6) is 0. The van der Waals surface area contributed by atoms with Gasteiger partial charge in [-0.3, -0.25) is 0 Å². The molecule has 3 rings (SSSR count). The van der Waals surface area contributed by atoms with Crippen LogP contribution in [-0.2, 0) is 6.42 Å². The van der Waals surface area contributed by atoms with Gasteiger partial charge in [0.2, 0.25) is 0 Å². The van der Waals surface area contributed by atoms with E-state index < -0.39 is 0 Å². The highest BCUT2D eigenvalue weighted by molar-refractivity contribution is 5.48. The van der Waals surface area contributed by atoms with Crippen LogP contribution in [0, 0.1) is 0 Å². The summed E-state index contributed by atoms with van der Waals surface area (Å²) >= 11 is 0. The van der Waals surface area contributed by atoms with Gasteiger partial charge in [0.25, 0.3) is 0 Å². The molecule has 1 aromatic rings. The summed E-state index contributed by atoms with van der Waals surface area (Å²) in [5, 5.41) is 3.77. The molecule has 1 unspecified atom stereocenters. The van der Waals surface area contributed by atoms with E-state index in [0.29, 0.717) is 6.04 Å². The quantitative estimate of drug-likeness (QED) is 0.876. The zero-order valence-electron chi connectivity index (χ0n) is 11.4. The summed E-state index contributed by atoms with van der Waals surface area (Å²) < 4.78 is 0. The molecule has 2 fully saturated rings. The van der Waals surface area contributed by atoms with Crippen molar-refractivity contribution in [3.63, 3.8) is 0 Å². The third kappa shape index (κ3) is 2.86. The Kier molecular flexibility index (Phi) is 3.55. The monoisotopic (exact) mass is 244 g/mol. The van der Waals surface area contributed by atoms with Crippen molar-refractivity contribution in [2.24, 2.45) is 0 Å². The molecule has 1 aromatic carbocycles. The normalized spacial score (nSPS) is 24.3. The van der Waals surface area contributed by atoms with Gasteiger partial charge in [0.1, 0.15) is 0 Å². The van der Waals surface area contributed by atoms with Crippen molar-refractivity contribution < 1.29 is 0 Å². The zero-order chi connectivity index (χ0) is 12.4. The molecular weight excluding hydrogens is 220 g/mol. The number of piperidine rings is 1. The lowest BCUT2D eigenvalue weighted by Gasteiger charge is -2.35. The molecular formula is C16H24N2. The van der Waals surface area contributed by atoms with E-state index in [4.69, 9.17) is 0 Å². The first kappa shape index (κ1) is 12.0. The Balaban J connectivity index is 1.62. The van der Waals surface area contributed by atoms with Crippen LogP contribution in [0.25, 0.3) is 0 Å². The molecule has 1 N–H and O–H groups in total. The lowest BCUT2D eigenvalue weighted by molar-refractivity contribution is 0.420. The van der Waals surface area contributed by atoms with Crippen LogP contribution in [-0.4, -0.2) is 25.2 Å². The fourth-order valence-electron chi connectivity index (χ4n) is 2.87. The lowest BCUT2D eigenvalue weighted by Crippen LogP contribution is -2.46. The minimum absolute atomic E-state index is 0.706. The number of rotatable bonds is 4. The molecule has 1 saturated heterocycles. The summed E-state index contributed by atoms with van der Waals surface area (Å²) in [7, 11) is 0. The molecule has 0 bridgehead atoms. The molecule has 1 heterocycles. The van der Waals surface area contributed by atoms with Crippen molar-refractivity contribution in [1.29, 1.82) is 0 Å². The average Bonchev–Trinajstić information content (AvgIpc) is 3.23. The third-order valence-electron chi connectivity index (χ3n) is 4.18. The van der Waals surface area contributed by atoms with E-state index in [0.717, 1.165) is 12.5 Å². The molecule has 1 aliphatic carbocycles. The van der Waals surface area contributed by atoms with Crippen LogP contribution in [0.15, 0.2) is 24.3 Å². The second-order valence-electron chi connectivity index (χ2n) is 5.75. The Bertz CT molecular complexity index is 381. The van der Waals surface area contributed by atoms with Gasteiger partial charge in [0.15, 0.2) is 0 Å². The molecule has 1 atom stereocenters. The molecule has 1 saturated carbocycles. The maximum Gasteiger partial charge on any atom is 0.0366 e. The number of hydrogen-bond donors (Lipinski definition) is 1. The average molecular weight is 244 g/mol. The van der Waals surface area contributed by atoms with Gasteiger partial charge in [-0.15, -0.1) is 0 Å². The van der Waals surface area contributed by atoms with Gasteiger partial charge in [-0.05, 0) is 49.8 Å². The standard InChI is InChI=1S/C16H24N2/c1-2-13-5-9-16(10-6-13)18-11-3-4-15(12-18)17-14-7-8-14/h5-6,9-10,14-15,17H,2-4,7-8,11-12H2,1H3. The molecule has 2 heteroatoms. The summed E-state index contributed by atoms with van der Waals surface area (Å²) in [5.41, 5.74) is 2.83. The Hall–Kier alpha value is -1.02. The van der Waals surface area contributed by atoms with Crippen molar-refractivity contribution in [2.75, 3.05) is 18.0 Å². The smallest absolute Gasteiger partial charge is 0.0366 e. The van der Waals surface area contributed by atoms with Gasteiger partial charge in [-0.2, -0.15) is 0 Å². The van der Waals surface area contributed by atoms with Gasteiger partial charge >= 0.3 is 0 Å². The first-order chi connectivity index (χ1) is 8.85. The molecule has 2 nitrogen and oxygen atoms in total. The summed E-state index contributed by atoms with van der Waals surface area (Å²) in [6, 6.07) is 10.7. The van der Waals surface area contributed by atoms with E-state index in [2.05, 4.69) is 41.4 Å². The Morgan fingerprint density at radius 3 is 2.56 bits per heavy atom. The van der Waals surface area contributed by atoms with Crippen molar-refractivity contribution in [2.45, 2.75) is 51.1 Å². The first-order valence-corrected chi connectivity index (χ1v) is 7.45. The van der Waals surface area contributed by atoms with E-state index in [1.807, 2.05) is 0 Å². The molecule has 98 valence electrons. The van der Waals surface area contributed by atoms with E-state index in [-0.39, 0.29) is 0 Å². The van der Waals surface area contributed by atoms with Crippen LogP contribution in [0.1, 0.15) is 38.2 Å². The lowest BCUT2D eigenvalue weighted by atomic mass is 10.0. The number of anilines is 1. The number of nitrogens with one attached hydrogen (secondary N) is 1. The van der Waals surface area contributed by atoms with Crippen LogP contribution in [0.2, 0.25) is 0 Å². The largest absolute Gasteiger partial charge is 0.370 e. The topological polar surface area (TPSA) is 15.3 Å². The maximum atomic E-state index is 3.77. The molecule has 2 aliphatic rings. The second kappa shape index (κ2) is 5.31. The highest BCUT2D eigenvalue weighted by atomic mass is 15.2. The SMILES string of the molecule is CCc1ccc(N2CCCC(NC3CC3)C2)cc1. The highest BCUT2D eigenvalue weighted by Gasteiger charge is 2.27. The van der Waals surface area contributed by atoms with Crippen LogP contribution in [0.3, 0.4) is 0 Å². The predicted octanol–water partition coefficient (Wildman–Crippen LogP) is 2.97. The number of benzene rings is 1. The van der Waals surface area contributed by atoms with Crippen molar-refractivity contribution in [1.82, 2.24) is 5.32 Å². The van der Waals surface area contributed by atoms with Crippen molar-refractivity contribution >= 4 is 5.69 Å². The molecule has 0 spiro atoms. The number of hydrogen-bond acceptors (Lipinski definition) is 2. The van der Waals surface area contributed by atoms with E-state index in [9.17, 15) is 0 Å². The summed E-state index contributed by atoms with van der Waals surface area (Å²) in [6.07, 6.45) is 6.58. The van der Waals surface area contributed by atoms with Gasteiger partial charge in [0, 0.05) is 30.9 Å². The Morgan fingerprint density at radius 1 is 1.11 bits per heavy atom. The maximum absolute atomic E-state index is 3.77. The third-order valence-corrected chi connectivity index (χ3v) is 4.18. The van der Waals surface area contributed by atoms with Crippen LogP contribution >= 0.6 is 0 Å². The first-order valence-electron chi connectivity index (χ1n) is 7.45. The van der Waals surface area contributed by atoms with Crippen LogP contribution in [0.4, 0.5) is 5.69 Å².